The molecule has 0 saturated heterocycles. The molecule has 2 aromatic rings. The Bertz CT molecular complexity index is 683. The highest BCUT2D eigenvalue weighted by Crippen LogP contribution is 2.08. The van der Waals surface area contributed by atoms with Crippen LogP contribution in [0.25, 0.3) is 0 Å². The highest BCUT2D eigenvalue weighted by molar-refractivity contribution is 5.85. The number of hydrogen-bond acceptors (Lipinski definition) is 4. The molecule has 0 aliphatic carbocycles. The van der Waals surface area contributed by atoms with Gasteiger partial charge in [0.2, 0.25) is 5.91 Å². The number of nitrogens with one attached hydrogen (secondary N) is 1. The summed E-state index contributed by atoms with van der Waals surface area (Å²) in [6.07, 6.45) is 0.712. The summed E-state index contributed by atoms with van der Waals surface area (Å²) in [6.45, 7) is 1.37. The highest BCUT2D eigenvalue weighted by Gasteiger charge is 2.15. The van der Waals surface area contributed by atoms with E-state index in [9.17, 15) is 9.59 Å². The van der Waals surface area contributed by atoms with E-state index in [-0.39, 0.29) is 37.4 Å². The fourth-order valence-corrected chi connectivity index (χ4v) is 2.38. The quantitative estimate of drug-likeness (QED) is 0.648. The summed E-state index contributed by atoms with van der Waals surface area (Å²) in [5.41, 5.74) is 6.60. The Hall–Kier alpha value is -2.57. The Morgan fingerprint density at radius 2 is 1.63 bits per heavy atom. The first-order valence-electron chi connectivity index (χ1n) is 8.65. The van der Waals surface area contributed by atoms with Crippen LogP contribution in [0, 0.1) is 0 Å². The van der Waals surface area contributed by atoms with Gasteiger partial charge in [-0.3, -0.25) is 9.59 Å². The van der Waals surface area contributed by atoms with Crippen molar-refractivity contribution in [2.45, 2.75) is 13.0 Å². The van der Waals surface area contributed by atoms with Crippen molar-refractivity contribution in [2.75, 3.05) is 26.2 Å². The second kappa shape index (κ2) is 12.7. The molecule has 0 spiro atoms. The molecule has 0 aliphatic rings. The third-order valence-electron chi connectivity index (χ3n) is 3.75. The topological polar surface area (TPSA) is 84.7 Å². The summed E-state index contributed by atoms with van der Waals surface area (Å²) in [4.78, 5) is 26.1. The van der Waals surface area contributed by atoms with Gasteiger partial charge in [-0.15, -0.1) is 12.4 Å². The molecule has 27 heavy (non-hydrogen) atoms. The predicted octanol–water partition coefficient (Wildman–Crippen LogP) is 1.98. The highest BCUT2D eigenvalue weighted by atomic mass is 35.5. The molecule has 0 atom stereocenters. The van der Waals surface area contributed by atoms with Gasteiger partial charge in [-0.25, -0.2) is 0 Å². The van der Waals surface area contributed by atoms with E-state index in [0.29, 0.717) is 31.8 Å². The third kappa shape index (κ3) is 8.57. The Balaban J connectivity index is 0.00000364. The fourth-order valence-electron chi connectivity index (χ4n) is 2.38. The van der Waals surface area contributed by atoms with E-state index in [1.807, 2.05) is 48.5 Å². The normalized spacial score (nSPS) is 9.81. The van der Waals surface area contributed by atoms with Gasteiger partial charge in [0.1, 0.15) is 5.75 Å². The summed E-state index contributed by atoms with van der Waals surface area (Å²) in [7, 11) is 0. The molecule has 0 radical (unpaired) electrons. The summed E-state index contributed by atoms with van der Waals surface area (Å²) in [5.74, 6) is 0.138. The van der Waals surface area contributed by atoms with Gasteiger partial charge in [-0.2, -0.15) is 0 Å². The minimum Gasteiger partial charge on any atom is -0.484 e. The van der Waals surface area contributed by atoms with Crippen LogP contribution < -0.4 is 15.8 Å². The number of rotatable bonds is 10. The lowest BCUT2D eigenvalue weighted by Crippen LogP contribution is -2.42. The molecule has 0 fully saturated rings. The number of benzene rings is 2. The smallest absolute Gasteiger partial charge is 0.258 e. The molecule has 146 valence electrons. The molecule has 0 aromatic heterocycles. The average Bonchev–Trinajstić information content (AvgIpc) is 2.69. The minimum absolute atomic E-state index is 0. The van der Waals surface area contributed by atoms with Crippen LogP contribution in [0.5, 0.6) is 5.75 Å². The van der Waals surface area contributed by atoms with E-state index in [1.165, 1.54) is 0 Å². The van der Waals surface area contributed by atoms with E-state index < -0.39 is 0 Å². The minimum atomic E-state index is -0.333. The van der Waals surface area contributed by atoms with Crippen molar-refractivity contribution >= 4 is 24.2 Å². The molecule has 0 bridgehead atoms. The molecular formula is C20H26ClN3O3. The maximum atomic E-state index is 12.5. The SMILES string of the molecule is Cl.NCCCN(Cc1ccccc1)C(=O)CNC(=O)COc1ccccc1. The molecule has 7 heteroatoms. The van der Waals surface area contributed by atoms with Crippen LogP contribution in [0.2, 0.25) is 0 Å². The lowest BCUT2D eigenvalue weighted by atomic mass is 10.2. The molecule has 3 N–H and O–H groups in total. The summed E-state index contributed by atoms with van der Waals surface area (Å²) in [6, 6.07) is 18.8. The third-order valence-corrected chi connectivity index (χ3v) is 3.75. The van der Waals surface area contributed by atoms with Crippen LogP contribution in [0.1, 0.15) is 12.0 Å². The lowest BCUT2D eigenvalue weighted by molar-refractivity contribution is -0.133. The molecule has 2 rings (SSSR count). The van der Waals surface area contributed by atoms with Gasteiger partial charge >= 0.3 is 0 Å². The first kappa shape index (κ1) is 22.5. The number of carbonyl (C=O) groups excluding carboxylic acids is 2. The van der Waals surface area contributed by atoms with Gasteiger partial charge in [0.25, 0.3) is 5.91 Å². The number of carbonyl (C=O) groups is 2. The van der Waals surface area contributed by atoms with E-state index in [4.69, 9.17) is 10.5 Å². The molecule has 2 amide bonds. The number of ether oxygens (including phenoxy) is 1. The van der Waals surface area contributed by atoms with E-state index >= 15 is 0 Å². The second-order valence-corrected chi connectivity index (χ2v) is 5.82. The largest absolute Gasteiger partial charge is 0.484 e. The van der Waals surface area contributed by atoms with Crippen LogP contribution in [0.3, 0.4) is 0 Å². The van der Waals surface area contributed by atoms with Crippen molar-refractivity contribution in [3.8, 4) is 5.75 Å². The Labute approximate surface area is 166 Å². The first-order chi connectivity index (χ1) is 12.7. The Kier molecular flexibility index (Phi) is 10.6. The second-order valence-electron chi connectivity index (χ2n) is 5.82. The summed E-state index contributed by atoms with van der Waals surface area (Å²) in [5, 5.41) is 2.61. The van der Waals surface area contributed by atoms with Crippen LogP contribution in [-0.2, 0) is 16.1 Å². The van der Waals surface area contributed by atoms with Gasteiger partial charge in [0.15, 0.2) is 6.61 Å². The fraction of sp³-hybridized carbons (Fsp3) is 0.300. The molecule has 6 nitrogen and oxygen atoms in total. The molecular weight excluding hydrogens is 366 g/mol. The zero-order valence-electron chi connectivity index (χ0n) is 15.2. The van der Waals surface area contributed by atoms with Crippen molar-refractivity contribution in [3.63, 3.8) is 0 Å². The Morgan fingerprint density at radius 3 is 2.26 bits per heavy atom. The zero-order valence-corrected chi connectivity index (χ0v) is 16.0. The van der Waals surface area contributed by atoms with Crippen molar-refractivity contribution in [2.24, 2.45) is 5.73 Å². The van der Waals surface area contributed by atoms with Crippen molar-refractivity contribution in [3.05, 3.63) is 66.2 Å². The van der Waals surface area contributed by atoms with Crippen LogP contribution in [0.15, 0.2) is 60.7 Å². The number of nitrogens with zero attached hydrogens (tertiary/aromatic N) is 1. The van der Waals surface area contributed by atoms with E-state index in [2.05, 4.69) is 5.32 Å². The average molecular weight is 392 g/mol. The number of hydrogen-bond donors (Lipinski definition) is 2. The zero-order chi connectivity index (χ0) is 18.6. The molecule has 0 unspecified atom stereocenters. The Morgan fingerprint density at radius 1 is 1.00 bits per heavy atom. The van der Waals surface area contributed by atoms with E-state index in [1.54, 1.807) is 17.0 Å². The predicted molar refractivity (Wildman–Crippen MR) is 108 cm³/mol. The van der Waals surface area contributed by atoms with Gasteiger partial charge in [0, 0.05) is 13.1 Å². The number of amides is 2. The van der Waals surface area contributed by atoms with Crippen LogP contribution in [-0.4, -0.2) is 43.0 Å². The molecule has 0 saturated carbocycles. The number of para-hydroxylation sites is 1. The summed E-state index contributed by atoms with van der Waals surface area (Å²) >= 11 is 0. The number of nitrogens with two attached hydrogens (primary N) is 1. The van der Waals surface area contributed by atoms with Crippen molar-refractivity contribution in [1.82, 2.24) is 10.2 Å². The first-order valence-corrected chi connectivity index (χ1v) is 8.65. The van der Waals surface area contributed by atoms with Gasteiger partial charge in [-0.1, -0.05) is 48.5 Å². The number of halogens is 1. The molecule has 2 aromatic carbocycles. The maximum absolute atomic E-state index is 12.5. The van der Waals surface area contributed by atoms with Crippen molar-refractivity contribution in [1.29, 1.82) is 0 Å². The molecule has 0 heterocycles. The van der Waals surface area contributed by atoms with E-state index in [0.717, 1.165) is 5.56 Å². The van der Waals surface area contributed by atoms with Crippen molar-refractivity contribution < 1.29 is 14.3 Å². The van der Waals surface area contributed by atoms with Gasteiger partial charge < -0.3 is 20.7 Å². The monoisotopic (exact) mass is 391 g/mol. The van der Waals surface area contributed by atoms with Crippen LogP contribution in [0.4, 0.5) is 0 Å². The van der Waals surface area contributed by atoms with Crippen LogP contribution >= 0.6 is 12.4 Å². The maximum Gasteiger partial charge on any atom is 0.258 e. The molecule has 0 aliphatic heterocycles. The summed E-state index contributed by atoms with van der Waals surface area (Å²) < 4.78 is 5.37. The lowest BCUT2D eigenvalue weighted by Gasteiger charge is -2.23. The van der Waals surface area contributed by atoms with Gasteiger partial charge in [-0.05, 0) is 30.7 Å². The standard InChI is InChI=1S/C20H25N3O3.ClH/c21-12-7-13-23(15-17-8-3-1-4-9-17)20(25)14-22-19(24)16-26-18-10-5-2-6-11-18;/h1-6,8-11H,7,12-16,21H2,(H,22,24);1H. The van der Waals surface area contributed by atoms with Gasteiger partial charge in [0.05, 0.1) is 6.54 Å².